The molecule has 1 aromatic rings. The Labute approximate surface area is 96.4 Å². The van der Waals surface area contributed by atoms with Crippen molar-refractivity contribution >= 4 is 5.69 Å². The molecule has 0 N–H and O–H groups in total. The van der Waals surface area contributed by atoms with Crippen LogP contribution in [0.15, 0.2) is 65.5 Å². The molecule has 3 rings (SSSR count). The van der Waals surface area contributed by atoms with Crippen LogP contribution in [-0.4, -0.2) is 0 Å². The summed E-state index contributed by atoms with van der Waals surface area (Å²) in [5.74, 6) is 0.486. The highest BCUT2D eigenvalue weighted by atomic mass is 15.2. The summed E-state index contributed by atoms with van der Waals surface area (Å²) in [5.41, 5.74) is 5.34. The van der Waals surface area contributed by atoms with Crippen LogP contribution in [0.1, 0.15) is 13.8 Å². The number of anilines is 1. The van der Waals surface area contributed by atoms with Gasteiger partial charge in [0.25, 0.3) is 0 Å². The predicted octanol–water partition coefficient (Wildman–Crippen LogP) is 3.87. The van der Waals surface area contributed by atoms with Crippen molar-refractivity contribution < 1.29 is 0 Å². The van der Waals surface area contributed by atoms with Crippen molar-refractivity contribution in [2.45, 2.75) is 13.8 Å². The molecular weight excluding hydrogens is 194 g/mol. The number of allylic oxidation sites excluding steroid dienone is 4. The fraction of sp³-hybridized carbons (Fsp3) is 0.200. The lowest BCUT2D eigenvalue weighted by atomic mass is 10.1. The number of nitrogens with zero attached hydrogens (tertiary/aromatic N) is 1. The van der Waals surface area contributed by atoms with Gasteiger partial charge in [0.2, 0.25) is 0 Å². The maximum absolute atomic E-state index is 2.34. The predicted molar refractivity (Wildman–Crippen MR) is 68.0 cm³/mol. The summed E-state index contributed by atoms with van der Waals surface area (Å²) in [4.78, 5) is 2.34. The smallest absolute Gasteiger partial charge is 0.0455 e. The van der Waals surface area contributed by atoms with Crippen molar-refractivity contribution in [2.24, 2.45) is 5.92 Å². The van der Waals surface area contributed by atoms with Gasteiger partial charge in [0.05, 0.1) is 0 Å². The highest BCUT2D eigenvalue weighted by Gasteiger charge is 2.29. The molecule has 0 spiro atoms. The number of hydrogen-bond donors (Lipinski definition) is 0. The van der Waals surface area contributed by atoms with Crippen LogP contribution in [0.25, 0.3) is 0 Å². The molecule has 0 fully saturated rings. The van der Waals surface area contributed by atoms with Gasteiger partial charge in [0.15, 0.2) is 0 Å². The van der Waals surface area contributed by atoms with Gasteiger partial charge in [-0.25, -0.2) is 0 Å². The van der Waals surface area contributed by atoms with E-state index in [0.717, 1.165) is 0 Å². The molecule has 0 aromatic heterocycles. The minimum absolute atomic E-state index is 0.486. The molecule has 0 amide bonds. The van der Waals surface area contributed by atoms with Gasteiger partial charge in [-0.3, -0.25) is 0 Å². The normalized spacial score (nSPS) is 22.8. The Morgan fingerprint density at radius 1 is 1.00 bits per heavy atom. The maximum Gasteiger partial charge on any atom is 0.0455 e. The van der Waals surface area contributed by atoms with Gasteiger partial charge >= 0.3 is 0 Å². The fourth-order valence-corrected chi connectivity index (χ4v) is 2.56. The number of fused-ring (bicyclic) bond motifs is 1. The molecule has 16 heavy (non-hydrogen) atoms. The average Bonchev–Trinajstić information content (AvgIpc) is 2.74. The number of para-hydroxylation sites is 1. The largest absolute Gasteiger partial charge is 0.318 e. The van der Waals surface area contributed by atoms with E-state index in [1.165, 1.54) is 22.7 Å². The molecule has 1 aliphatic heterocycles. The quantitative estimate of drug-likeness (QED) is 0.678. The monoisotopic (exact) mass is 209 g/mol. The van der Waals surface area contributed by atoms with E-state index in [0.29, 0.717) is 5.92 Å². The fourth-order valence-electron chi connectivity index (χ4n) is 2.56. The van der Waals surface area contributed by atoms with Crippen molar-refractivity contribution in [1.82, 2.24) is 0 Å². The molecule has 0 saturated carbocycles. The van der Waals surface area contributed by atoms with Crippen molar-refractivity contribution in [3.8, 4) is 0 Å². The third-order valence-corrected chi connectivity index (χ3v) is 3.21. The molecule has 1 heteroatoms. The zero-order chi connectivity index (χ0) is 11.1. The van der Waals surface area contributed by atoms with Gasteiger partial charge in [-0.15, -0.1) is 0 Å². The number of hydrogen-bond acceptors (Lipinski definition) is 1. The number of rotatable bonds is 1. The molecule has 80 valence electrons. The molecule has 2 aliphatic rings. The SMILES string of the molecule is CC1=CC2C=C(C)N(c3ccccc3)C2=C1. The van der Waals surface area contributed by atoms with Crippen molar-refractivity contribution in [2.75, 3.05) is 4.90 Å². The van der Waals surface area contributed by atoms with E-state index in [1.54, 1.807) is 0 Å². The van der Waals surface area contributed by atoms with Gasteiger partial charge in [-0.1, -0.05) is 35.9 Å². The third kappa shape index (κ3) is 1.32. The van der Waals surface area contributed by atoms with Crippen LogP contribution < -0.4 is 4.90 Å². The molecule has 1 aromatic carbocycles. The van der Waals surface area contributed by atoms with Crippen molar-refractivity contribution in [3.05, 3.63) is 65.5 Å². The first-order valence-corrected chi connectivity index (χ1v) is 5.69. The van der Waals surface area contributed by atoms with Gasteiger partial charge in [-0.05, 0) is 32.1 Å². The average molecular weight is 209 g/mol. The zero-order valence-corrected chi connectivity index (χ0v) is 9.64. The summed E-state index contributed by atoms with van der Waals surface area (Å²) in [6, 6.07) is 10.6. The Kier molecular flexibility index (Phi) is 2.00. The van der Waals surface area contributed by atoms with Crippen molar-refractivity contribution in [1.29, 1.82) is 0 Å². The Bertz CT molecular complexity index is 505. The van der Waals surface area contributed by atoms with E-state index in [1.807, 2.05) is 0 Å². The first-order chi connectivity index (χ1) is 7.75. The van der Waals surface area contributed by atoms with E-state index >= 15 is 0 Å². The van der Waals surface area contributed by atoms with Crippen LogP contribution in [0.3, 0.4) is 0 Å². The van der Waals surface area contributed by atoms with Crippen LogP contribution in [0.4, 0.5) is 5.69 Å². The summed E-state index contributed by atoms with van der Waals surface area (Å²) < 4.78 is 0. The van der Waals surface area contributed by atoms with Crippen LogP contribution >= 0.6 is 0 Å². The Morgan fingerprint density at radius 3 is 2.50 bits per heavy atom. The lowest BCUT2D eigenvalue weighted by Crippen LogP contribution is -2.16. The molecule has 0 radical (unpaired) electrons. The highest BCUT2D eigenvalue weighted by molar-refractivity contribution is 5.65. The van der Waals surface area contributed by atoms with E-state index in [2.05, 4.69) is 67.3 Å². The molecule has 1 aliphatic carbocycles. The second-order valence-electron chi connectivity index (χ2n) is 4.48. The first kappa shape index (κ1) is 9.46. The van der Waals surface area contributed by atoms with Crippen LogP contribution in [0.5, 0.6) is 0 Å². The van der Waals surface area contributed by atoms with Gasteiger partial charge in [-0.2, -0.15) is 0 Å². The highest BCUT2D eigenvalue weighted by Crippen LogP contribution is 2.40. The van der Waals surface area contributed by atoms with Gasteiger partial charge < -0.3 is 4.90 Å². The van der Waals surface area contributed by atoms with Crippen LogP contribution in [-0.2, 0) is 0 Å². The summed E-state index contributed by atoms with van der Waals surface area (Å²) in [7, 11) is 0. The molecule has 1 heterocycles. The topological polar surface area (TPSA) is 3.24 Å². The van der Waals surface area contributed by atoms with Crippen molar-refractivity contribution in [3.63, 3.8) is 0 Å². The van der Waals surface area contributed by atoms with Gasteiger partial charge in [0.1, 0.15) is 0 Å². The second-order valence-corrected chi connectivity index (χ2v) is 4.48. The second kappa shape index (κ2) is 3.38. The summed E-state index contributed by atoms with van der Waals surface area (Å²) in [6.45, 7) is 4.34. The Hall–Kier alpha value is -1.76. The minimum Gasteiger partial charge on any atom is -0.318 e. The van der Waals surface area contributed by atoms with E-state index in [9.17, 15) is 0 Å². The lowest BCUT2D eigenvalue weighted by Gasteiger charge is -2.22. The first-order valence-electron chi connectivity index (χ1n) is 5.69. The number of benzene rings is 1. The molecule has 1 unspecified atom stereocenters. The van der Waals surface area contributed by atoms with Crippen LogP contribution in [0.2, 0.25) is 0 Å². The molecule has 0 saturated heterocycles. The molecule has 1 atom stereocenters. The molecular formula is C15H15N. The zero-order valence-electron chi connectivity index (χ0n) is 9.64. The standard InChI is InChI=1S/C15H15N/c1-11-8-13-10-12(2)16(15(13)9-11)14-6-4-3-5-7-14/h3-10,13H,1-2H3. The lowest BCUT2D eigenvalue weighted by molar-refractivity contribution is 0.986. The Morgan fingerprint density at radius 2 is 1.75 bits per heavy atom. The summed E-state index contributed by atoms with van der Waals surface area (Å²) >= 11 is 0. The Balaban J connectivity index is 2.04. The van der Waals surface area contributed by atoms with Crippen LogP contribution in [0, 0.1) is 5.92 Å². The summed E-state index contributed by atoms with van der Waals surface area (Å²) in [5, 5.41) is 0. The maximum atomic E-state index is 2.34. The molecule has 1 nitrogen and oxygen atoms in total. The van der Waals surface area contributed by atoms with E-state index in [-0.39, 0.29) is 0 Å². The third-order valence-electron chi connectivity index (χ3n) is 3.21. The summed E-state index contributed by atoms with van der Waals surface area (Å²) in [6.07, 6.45) is 6.93. The van der Waals surface area contributed by atoms with E-state index in [4.69, 9.17) is 0 Å². The molecule has 0 bridgehead atoms. The van der Waals surface area contributed by atoms with E-state index < -0.39 is 0 Å². The van der Waals surface area contributed by atoms with Gasteiger partial charge in [0, 0.05) is 23.0 Å². The minimum atomic E-state index is 0.486.